The first-order chi connectivity index (χ1) is 13.9. The van der Waals surface area contributed by atoms with E-state index in [1.807, 2.05) is 54.6 Å². The molecule has 0 saturated carbocycles. The van der Waals surface area contributed by atoms with Gasteiger partial charge in [-0.05, 0) is 29.8 Å². The molecule has 0 spiro atoms. The molecule has 0 atom stereocenters. The molecule has 0 N–H and O–H groups in total. The van der Waals surface area contributed by atoms with Crippen LogP contribution in [0.3, 0.4) is 0 Å². The van der Waals surface area contributed by atoms with Crippen molar-refractivity contribution in [2.24, 2.45) is 0 Å². The van der Waals surface area contributed by atoms with E-state index in [1.165, 1.54) is 5.56 Å². The number of thioether (sulfide) groups is 1. The second-order valence-corrected chi connectivity index (χ2v) is 7.16. The van der Waals surface area contributed by atoms with Crippen LogP contribution in [0.25, 0.3) is 22.7 Å². The maximum atomic E-state index is 5.82. The lowest BCUT2D eigenvalue weighted by atomic mass is 10.2. The highest BCUT2D eigenvalue weighted by Crippen LogP contribution is 2.28. The van der Waals surface area contributed by atoms with Crippen molar-refractivity contribution in [2.75, 3.05) is 0 Å². The number of nitrogens with zero attached hydrogens (tertiary/aromatic N) is 4. The van der Waals surface area contributed by atoms with Gasteiger partial charge < -0.3 is 8.83 Å². The van der Waals surface area contributed by atoms with E-state index in [-0.39, 0.29) is 0 Å². The molecule has 138 valence electrons. The summed E-state index contributed by atoms with van der Waals surface area (Å²) in [6, 6.07) is 21.7. The highest BCUT2D eigenvalue weighted by atomic mass is 32.2. The van der Waals surface area contributed by atoms with E-state index in [2.05, 4.69) is 31.9 Å². The van der Waals surface area contributed by atoms with Gasteiger partial charge in [0.25, 0.3) is 0 Å². The molecule has 6 nitrogen and oxygen atoms in total. The van der Waals surface area contributed by atoms with Crippen LogP contribution in [0.5, 0.6) is 0 Å². The summed E-state index contributed by atoms with van der Waals surface area (Å²) in [5.41, 5.74) is 2.82. The number of furan rings is 1. The van der Waals surface area contributed by atoms with Gasteiger partial charge in [-0.1, -0.05) is 54.2 Å². The van der Waals surface area contributed by atoms with E-state index in [1.54, 1.807) is 18.0 Å². The zero-order valence-corrected chi connectivity index (χ0v) is 15.7. The quantitative estimate of drug-likeness (QED) is 0.380. The fraction of sp³-hybridized carbons (Fsp3) is 0.0952. The van der Waals surface area contributed by atoms with Crippen molar-refractivity contribution in [1.29, 1.82) is 0 Å². The molecule has 28 heavy (non-hydrogen) atoms. The number of aromatic nitrogens is 4. The van der Waals surface area contributed by atoms with Crippen LogP contribution in [0.1, 0.15) is 11.5 Å². The summed E-state index contributed by atoms with van der Waals surface area (Å²) in [7, 11) is 0. The monoisotopic (exact) mass is 388 g/mol. The molecular weight excluding hydrogens is 372 g/mol. The average molecular weight is 388 g/mol. The Labute approximate surface area is 165 Å². The molecular formula is C21H16N4O2S. The second-order valence-electron chi connectivity index (χ2n) is 6.22. The van der Waals surface area contributed by atoms with Gasteiger partial charge >= 0.3 is 0 Å². The Hall–Kier alpha value is -3.32. The third-order valence-electron chi connectivity index (χ3n) is 4.30. The lowest BCUT2D eigenvalue weighted by molar-refractivity contribution is 0.555. The van der Waals surface area contributed by atoms with E-state index in [9.17, 15) is 0 Å². The van der Waals surface area contributed by atoms with E-state index >= 15 is 0 Å². The topological polar surface area (TPSA) is 69.9 Å². The van der Waals surface area contributed by atoms with Crippen LogP contribution < -0.4 is 0 Å². The van der Waals surface area contributed by atoms with Crippen LogP contribution in [-0.4, -0.2) is 19.7 Å². The summed E-state index contributed by atoms with van der Waals surface area (Å²) in [5, 5.41) is 9.53. The summed E-state index contributed by atoms with van der Waals surface area (Å²) in [5.74, 6) is 2.63. The third kappa shape index (κ3) is 3.32. The first-order valence-electron chi connectivity index (χ1n) is 8.85. The van der Waals surface area contributed by atoms with Gasteiger partial charge in [0.1, 0.15) is 5.52 Å². The maximum Gasteiger partial charge on any atom is 0.205 e. The molecule has 0 saturated heterocycles. The van der Waals surface area contributed by atoms with Crippen LogP contribution in [-0.2, 0) is 12.3 Å². The number of hydrogen-bond acceptors (Lipinski definition) is 6. The van der Waals surface area contributed by atoms with Crippen LogP contribution in [0.15, 0.2) is 87.0 Å². The summed E-state index contributed by atoms with van der Waals surface area (Å²) in [4.78, 5) is 4.53. The molecule has 0 bridgehead atoms. The molecule has 0 aliphatic heterocycles. The smallest absolute Gasteiger partial charge is 0.205 e. The van der Waals surface area contributed by atoms with E-state index in [0.717, 1.165) is 16.3 Å². The minimum Gasteiger partial charge on any atom is -0.461 e. The van der Waals surface area contributed by atoms with Gasteiger partial charge in [-0.15, -0.1) is 10.2 Å². The SMILES string of the molecule is c1ccc(Cn2c(SCc3nc4ccccc4o3)nnc2-c2ccco2)cc1. The Kier molecular flexibility index (Phi) is 4.42. The number of hydrogen-bond donors (Lipinski definition) is 0. The molecule has 5 rings (SSSR count). The number of benzene rings is 2. The fourth-order valence-corrected chi connectivity index (χ4v) is 3.78. The van der Waals surface area contributed by atoms with Crippen molar-refractivity contribution < 1.29 is 8.83 Å². The summed E-state index contributed by atoms with van der Waals surface area (Å²) in [6.07, 6.45) is 1.64. The number of oxazole rings is 1. The highest BCUT2D eigenvalue weighted by Gasteiger charge is 2.17. The van der Waals surface area contributed by atoms with Crippen molar-refractivity contribution in [1.82, 2.24) is 19.7 Å². The maximum absolute atomic E-state index is 5.82. The molecule has 3 aromatic heterocycles. The van der Waals surface area contributed by atoms with Crippen LogP contribution in [0, 0.1) is 0 Å². The normalized spacial score (nSPS) is 11.3. The fourth-order valence-electron chi connectivity index (χ4n) is 3.00. The lowest BCUT2D eigenvalue weighted by Gasteiger charge is -2.08. The first-order valence-corrected chi connectivity index (χ1v) is 9.83. The number of para-hydroxylation sites is 2. The van der Waals surface area contributed by atoms with E-state index in [0.29, 0.717) is 29.8 Å². The van der Waals surface area contributed by atoms with Crippen molar-refractivity contribution in [3.05, 3.63) is 84.4 Å². The Morgan fingerprint density at radius 3 is 2.57 bits per heavy atom. The van der Waals surface area contributed by atoms with Gasteiger partial charge in [0.2, 0.25) is 11.7 Å². The highest BCUT2D eigenvalue weighted by molar-refractivity contribution is 7.98. The van der Waals surface area contributed by atoms with Crippen LogP contribution >= 0.6 is 11.8 Å². The predicted molar refractivity (Wildman–Crippen MR) is 107 cm³/mol. The lowest BCUT2D eigenvalue weighted by Crippen LogP contribution is -2.03. The summed E-state index contributed by atoms with van der Waals surface area (Å²) in [6.45, 7) is 0.653. The standard InChI is InChI=1S/C21H16N4O2S/c1-2-7-15(8-3-1)13-25-20(18-11-6-12-26-18)23-24-21(25)28-14-19-22-16-9-4-5-10-17(16)27-19/h1-12H,13-14H2. The van der Waals surface area contributed by atoms with Gasteiger partial charge in [0.05, 0.1) is 18.6 Å². The van der Waals surface area contributed by atoms with E-state index in [4.69, 9.17) is 8.83 Å². The zero-order valence-electron chi connectivity index (χ0n) is 14.9. The van der Waals surface area contributed by atoms with Crippen molar-refractivity contribution in [2.45, 2.75) is 17.5 Å². The van der Waals surface area contributed by atoms with Gasteiger partial charge in [0.15, 0.2) is 16.5 Å². The molecule has 3 heterocycles. The van der Waals surface area contributed by atoms with Crippen molar-refractivity contribution in [3.8, 4) is 11.6 Å². The molecule has 0 amide bonds. The van der Waals surface area contributed by atoms with Gasteiger partial charge in [0, 0.05) is 0 Å². The minimum absolute atomic E-state index is 0.569. The molecule has 0 aliphatic rings. The van der Waals surface area contributed by atoms with Gasteiger partial charge in [-0.2, -0.15) is 0 Å². The molecule has 0 unspecified atom stereocenters. The molecule has 0 radical (unpaired) electrons. The summed E-state index contributed by atoms with van der Waals surface area (Å²) < 4.78 is 13.4. The Morgan fingerprint density at radius 2 is 1.75 bits per heavy atom. The minimum atomic E-state index is 0.569. The first kappa shape index (κ1) is 16.8. The van der Waals surface area contributed by atoms with Crippen molar-refractivity contribution >= 4 is 22.9 Å². The van der Waals surface area contributed by atoms with Crippen molar-refractivity contribution in [3.63, 3.8) is 0 Å². The predicted octanol–water partition coefficient (Wildman–Crippen LogP) is 5.02. The number of fused-ring (bicyclic) bond motifs is 1. The second kappa shape index (κ2) is 7.36. The zero-order chi connectivity index (χ0) is 18.8. The third-order valence-corrected chi connectivity index (χ3v) is 5.26. The van der Waals surface area contributed by atoms with Gasteiger partial charge in [-0.25, -0.2) is 4.98 Å². The average Bonchev–Trinajstić information content (AvgIpc) is 3.46. The Bertz CT molecular complexity index is 1160. The summed E-state index contributed by atoms with van der Waals surface area (Å²) >= 11 is 1.54. The largest absolute Gasteiger partial charge is 0.461 e. The Balaban J connectivity index is 1.44. The number of rotatable bonds is 6. The van der Waals surface area contributed by atoms with E-state index < -0.39 is 0 Å². The van der Waals surface area contributed by atoms with Crippen LogP contribution in [0.4, 0.5) is 0 Å². The molecule has 0 aliphatic carbocycles. The molecule has 2 aromatic carbocycles. The molecule has 7 heteroatoms. The van der Waals surface area contributed by atoms with Crippen LogP contribution in [0.2, 0.25) is 0 Å². The molecule has 5 aromatic rings. The molecule has 0 fully saturated rings. The Morgan fingerprint density at radius 1 is 0.893 bits per heavy atom. The van der Waals surface area contributed by atoms with Gasteiger partial charge in [-0.3, -0.25) is 4.57 Å².